The van der Waals surface area contributed by atoms with Crippen LogP contribution < -0.4 is 5.32 Å². The number of aryl methyl sites for hydroxylation is 1. The second-order valence-corrected chi connectivity index (χ2v) is 3.88. The van der Waals surface area contributed by atoms with Crippen LogP contribution in [0.1, 0.15) is 35.3 Å². The van der Waals surface area contributed by atoms with Gasteiger partial charge in [0.05, 0.1) is 6.20 Å². The molecule has 0 saturated carbocycles. The van der Waals surface area contributed by atoms with Crippen molar-refractivity contribution < 1.29 is 4.79 Å². The minimum absolute atomic E-state index is 0. The number of carbonyl (C=O) groups excluding carboxylic acids is 1. The van der Waals surface area contributed by atoms with Crippen LogP contribution in [0.3, 0.4) is 0 Å². The van der Waals surface area contributed by atoms with Crippen LogP contribution >= 0.6 is 12.4 Å². The van der Waals surface area contributed by atoms with E-state index in [0.29, 0.717) is 5.69 Å². The van der Waals surface area contributed by atoms with Crippen molar-refractivity contribution >= 4 is 18.3 Å². The molecule has 1 atom stereocenters. The molecule has 5 heteroatoms. The highest BCUT2D eigenvalue weighted by atomic mass is 35.5. The summed E-state index contributed by atoms with van der Waals surface area (Å²) in [7, 11) is 0. The van der Waals surface area contributed by atoms with Crippen LogP contribution in [0.2, 0.25) is 0 Å². The van der Waals surface area contributed by atoms with Crippen molar-refractivity contribution in [1.82, 2.24) is 15.5 Å². The molecule has 0 fully saturated rings. The molecule has 4 nitrogen and oxygen atoms in total. The SMILES string of the molecule is Cc1cn[nH]c1C(=O)NC1CC=CCC1.Cl. The van der Waals surface area contributed by atoms with Gasteiger partial charge in [-0.1, -0.05) is 12.2 Å². The highest BCUT2D eigenvalue weighted by molar-refractivity contribution is 5.93. The highest BCUT2D eigenvalue weighted by Gasteiger charge is 2.16. The maximum atomic E-state index is 11.8. The predicted octanol–water partition coefficient (Wildman–Crippen LogP) is 1.98. The minimum Gasteiger partial charge on any atom is -0.348 e. The van der Waals surface area contributed by atoms with E-state index in [9.17, 15) is 4.79 Å². The molecule has 1 aromatic rings. The molecular weight excluding hydrogens is 226 g/mol. The summed E-state index contributed by atoms with van der Waals surface area (Å²) in [6.07, 6.45) is 8.94. The Balaban J connectivity index is 0.00000128. The molecule has 0 aromatic carbocycles. The summed E-state index contributed by atoms with van der Waals surface area (Å²) in [5.41, 5.74) is 1.46. The predicted molar refractivity (Wildman–Crippen MR) is 64.8 cm³/mol. The highest BCUT2D eigenvalue weighted by Crippen LogP contribution is 2.11. The van der Waals surface area contributed by atoms with E-state index in [1.54, 1.807) is 6.20 Å². The number of halogens is 1. The lowest BCUT2D eigenvalue weighted by Gasteiger charge is -2.18. The molecule has 1 amide bonds. The Morgan fingerprint density at radius 1 is 1.56 bits per heavy atom. The first-order valence-electron chi connectivity index (χ1n) is 5.23. The lowest BCUT2D eigenvalue weighted by Crippen LogP contribution is -2.35. The average molecular weight is 242 g/mol. The van der Waals surface area contributed by atoms with Crippen molar-refractivity contribution in [3.05, 3.63) is 29.6 Å². The number of hydrogen-bond acceptors (Lipinski definition) is 2. The van der Waals surface area contributed by atoms with Crippen molar-refractivity contribution in [3.8, 4) is 0 Å². The average Bonchev–Trinajstić information content (AvgIpc) is 2.66. The molecular formula is C11H16ClN3O. The standard InChI is InChI=1S/C11H15N3O.ClH/c1-8-7-12-14-10(8)11(15)13-9-5-3-2-4-6-9;/h2-3,7,9H,4-6H2,1H3,(H,12,14)(H,13,15);1H. The molecule has 1 aliphatic rings. The molecule has 0 saturated heterocycles. The molecule has 1 aliphatic carbocycles. The minimum atomic E-state index is -0.0506. The van der Waals surface area contributed by atoms with Crippen LogP contribution in [0, 0.1) is 6.92 Å². The van der Waals surface area contributed by atoms with Gasteiger partial charge >= 0.3 is 0 Å². The van der Waals surface area contributed by atoms with Crippen molar-refractivity contribution in [3.63, 3.8) is 0 Å². The van der Waals surface area contributed by atoms with Crippen molar-refractivity contribution in [2.75, 3.05) is 0 Å². The van der Waals surface area contributed by atoms with E-state index in [1.807, 2.05) is 6.92 Å². The molecule has 0 spiro atoms. The van der Waals surface area contributed by atoms with Gasteiger partial charge in [0.25, 0.3) is 5.91 Å². The fraction of sp³-hybridized carbons (Fsp3) is 0.455. The largest absolute Gasteiger partial charge is 0.348 e. The van der Waals surface area contributed by atoms with Gasteiger partial charge in [0.15, 0.2) is 0 Å². The zero-order valence-electron chi connectivity index (χ0n) is 9.19. The summed E-state index contributed by atoms with van der Waals surface area (Å²) < 4.78 is 0. The van der Waals surface area contributed by atoms with Gasteiger partial charge in [0, 0.05) is 6.04 Å². The molecule has 0 radical (unpaired) electrons. The number of aromatic amines is 1. The van der Waals surface area contributed by atoms with Crippen molar-refractivity contribution in [2.24, 2.45) is 0 Å². The van der Waals surface area contributed by atoms with Gasteiger partial charge in [-0.3, -0.25) is 9.89 Å². The first-order valence-corrected chi connectivity index (χ1v) is 5.23. The van der Waals surface area contributed by atoms with Crippen LogP contribution in [0.5, 0.6) is 0 Å². The number of nitrogens with zero attached hydrogens (tertiary/aromatic N) is 1. The number of allylic oxidation sites excluding steroid dienone is 1. The number of aromatic nitrogens is 2. The quantitative estimate of drug-likeness (QED) is 0.778. The Kier molecular flexibility index (Phi) is 4.55. The third kappa shape index (κ3) is 2.85. The van der Waals surface area contributed by atoms with Crippen molar-refractivity contribution in [1.29, 1.82) is 0 Å². The lowest BCUT2D eigenvalue weighted by molar-refractivity contribution is 0.0929. The Bertz CT molecular complexity index is 386. The van der Waals surface area contributed by atoms with Gasteiger partial charge in [0.2, 0.25) is 0 Å². The number of nitrogens with one attached hydrogen (secondary N) is 2. The molecule has 0 aliphatic heterocycles. The Labute approximate surface area is 101 Å². The third-order valence-electron chi connectivity index (χ3n) is 2.66. The number of rotatable bonds is 2. The maximum absolute atomic E-state index is 11.8. The summed E-state index contributed by atoms with van der Waals surface area (Å²) in [5, 5.41) is 9.55. The first kappa shape index (κ1) is 12.8. The monoisotopic (exact) mass is 241 g/mol. The van der Waals surface area contributed by atoms with Crippen LogP contribution in [0.15, 0.2) is 18.3 Å². The molecule has 16 heavy (non-hydrogen) atoms. The number of carbonyl (C=O) groups is 1. The molecule has 2 rings (SSSR count). The summed E-state index contributed by atoms with van der Waals surface area (Å²) in [5.74, 6) is -0.0506. The molecule has 1 heterocycles. The van der Waals surface area contributed by atoms with E-state index in [1.165, 1.54) is 0 Å². The molecule has 1 aromatic heterocycles. The third-order valence-corrected chi connectivity index (χ3v) is 2.66. The fourth-order valence-corrected chi connectivity index (χ4v) is 1.76. The van der Waals surface area contributed by atoms with E-state index in [2.05, 4.69) is 27.7 Å². The van der Waals surface area contributed by atoms with E-state index < -0.39 is 0 Å². The van der Waals surface area contributed by atoms with E-state index in [-0.39, 0.29) is 24.4 Å². The topological polar surface area (TPSA) is 57.8 Å². The van der Waals surface area contributed by atoms with Gasteiger partial charge in [-0.25, -0.2) is 0 Å². The van der Waals surface area contributed by atoms with Crippen LogP contribution in [-0.2, 0) is 0 Å². The van der Waals surface area contributed by atoms with Crippen LogP contribution in [0.25, 0.3) is 0 Å². The second kappa shape index (κ2) is 5.70. The molecule has 2 N–H and O–H groups in total. The van der Waals surface area contributed by atoms with E-state index >= 15 is 0 Å². The normalized spacial score (nSPS) is 18.9. The number of hydrogen-bond donors (Lipinski definition) is 2. The summed E-state index contributed by atoms with van der Waals surface area (Å²) in [4.78, 5) is 11.8. The summed E-state index contributed by atoms with van der Waals surface area (Å²) in [6.45, 7) is 1.87. The summed E-state index contributed by atoms with van der Waals surface area (Å²) >= 11 is 0. The molecule has 0 bridgehead atoms. The lowest BCUT2D eigenvalue weighted by atomic mass is 10.0. The molecule has 1 unspecified atom stereocenters. The van der Waals surface area contributed by atoms with Gasteiger partial charge in [-0.2, -0.15) is 5.10 Å². The summed E-state index contributed by atoms with van der Waals surface area (Å²) in [6, 6.07) is 0.269. The van der Waals surface area contributed by atoms with Crippen LogP contribution in [0.4, 0.5) is 0 Å². The zero-order chi connectivity index (χ0) is 10.7. The number of amides is 1. The van der Waals surface area contributed by atoms with Gasteiger partial charge in [-0.15, -0.1) is 12.4 Å². The van der Waals surface area contributed by atoms with Gasteiger partial charge < -0.3 is 5.32 Å². The van der Waals surface area contributed by atoms with E-state index in [0.717, 1.165) is 24.8 Å². The van der Waals surface area contributed by atoms with Gasteiger partial charge in [0.1, 0.15) is 5.69 Å². The van der Waals surface area contributed by atoms with Crippen molar-refractivity contribution in [2.45, 2.75) is 32.2 Å². The smallest absolute Gasteiger partial charge is 0.269 e. The Morgan fingerprint density at radius 2 is 2.38 bits per heavy atom. The van der Waals surface area contributed by atoms with Gasteiger partial charge in [-0.05, 0) is 31.7 Å². The fourth-order valence-electron chi connectivity index (χ4n) is 1.76. The maximum Gasteiger partial charge on any atom is 0.269 e. The Morgan fingerprint density at radius 3 is 2.94 bits per heavy atom. The first-order chi connectivity index (χ1) is 7.27. The Hall–Kier alpha value is -1.29. The zero-order valence-corrected chi connectivity index (χ0v) is 10.0. The molecule has 88 valence electrons. The van der Waals surface area contributed by atoms with E-state index in [4.69, 9.17) is 0 Å². The van der Waals surface area contributed by atoms with Crippen LogP contribution in [-0.4, -0.2) is 22.1 Å². The number of H-pyrrole nitrogens is 1. The second-order valence-electron chi connectivity index (χ2n) is 3.88.